The Morgan fingerprint density at radius 1 is 1.33 bits per heavy atom. The third-order valence-corrected chi connectivity index (χ3v) is 5.33. The van der Waals surface area contributed by atoms with Crippen molar-refractivity contribution in [1.29, 1.82) is 0 Å². The Bertz CT molecular complexity index is 504. The van der Waals surface area contributed by atoms with Gasteiger partial charge in [-0.05, 0) is 73.1 Å². The summed E-state index contributed by atoms with van der Waals surface area (Å²) in [6.07, 6.45) is 4.75. The van der Waals surface area contributed by atoms with Crippen molar-refractivity contribution in [2.45, 2.75) is 39.5 Å². The molecule has 1 N–H and O–H groups in total. The van der Waals surface area contributed by atoms with Gasteiger partial charge in [-0.25, -0.2) is 4.39 Å². The molecule has 21 heavy (non-hydrogen) atoms. The molecule has 0 spiro atoms. The quantitative estimate of drug-likeness (QED) is 0.804. The fourth-order valence-electron chi connectivity index (χ4n) is 4.05. The first-order valence-corrected chi connectivity index (χ1v) is 8.50. The largest absolute Gasteiger partial charge is 0.316 e. The molecule has 3 heteroatoms. The van der Waals surface area contributed by atoms with Gasteiger partial charge in [0.15, 0.2) is 0 Å². The topological polar surface area (TPSA) is 12.0 Å². The van der Waals surface area contributed by atoms with E-state index in [1.54, 1.807) is 0 Å². The van der Waals surface area contributed by atoms with Crippen LogP contribution in [-0.2, 0) is 6.42 Å². The Labute approximate surface area is 132 Å². The van der Waals surface area contributed by atoms with Crippen LogP contribution in [0.4, 0.5) is 4.39 Å². The molecule has 2 atom stereocenters. The number of benzene rings is 1. The zero-order valence-corrected chi connectivity index (χ0v) is 13.7. The van der Waals surface area contributed by atoms with Gasteiger partial charge in [0.1, 0.15) is 5.82 Å². The number of fused-ring (bicyclic) bond motifs is 1. The minimum absolute atomic E-state index is 0.147. The molecular weight excluding hydrogens is 285 g/mol. The lowest BCUT2D eigenvalue weighted by atomic mass is 9.77. The van der Waals surface area contributed by atoms with E-state index in [-0.39, 0.29) is 11.2 Å². The number of hydrogen-bond donors (Lipinski definition) is 1. The fraction of sp³-hybridized carbons (Fsp3) is 0.667. The summed E-state index contributed by atoms with van der Waals surface area (Å²) in [5.41, 5.74) is 1.07. The first kappa shape index (κ1) is 15.3. The summed E-state index contributed by atoms with van der Waals surface area (Å²) in [4.78, 5) is 0. The lowest BCUT2D eigenvalue weighted by Crippen LogP contribution is -2.37. The molecule has 0 aliphatic heterocycles. The van der Waals surface area contributed by atoms with Crippen LogP contribution in [0.1, 0.15) is 38.7 Å². The van der Waals surface area contributed by atoms with Crippen LogP contribution in [0, 0.1) is 29.0 Å². The average Bonchev–Trinajstić information content (AvgIpc) is 3.01. The van der Waals surface area contributed by atoms with Crippen molar-refractivity contribution >= 4 is 11.6 Å². The van der Waals surface area contributed by atoms with E-state index in [9.17, 15) is 4.39 Å². The monoisotopic (exact) mass is 309 g/mol. The molecule has 1 aromatic rings. The van der Waals surface area contributed by atoms with Crippen LogP contribution < -0.4 is 5.32 Å². The molecule has 0 amide bonds. The van der Waals surface area contributed by atoms with E-state index in [2.05, 4.69) is 19.2 Å². The normalized spacial score (nSPS) is 30.7. The molecule has 2 saturated carbocycles. The van der Waals surface area contributed by atoms with Crippen LogP contribution in [0.25, 0.3) is 0 Å². The first-order chi connectivity index (χ1) is 9.97. The maximum atomic E-state index is 14.1. The molecule has 0 aromatic heterocycles. The Morgan fingerprint density at radius 3 is 2.67 bits per heavy atom. The standard InChI is InChI=1S/C18H25ClFN/c1-12(2)10-21-11-18(8-14-5-15(14)9-18)7-13-3-4-16(19)6-17(13)20/h3-4,6,12,14-15,21H,5,7-11H2,1-2H3. The molecule has 0 bridgehead atoms. The summed E-state index contributed by atoms with van der Waals surface area (Å²) >= 11 is 5.86. The molecular formula is C18H25ClFN. The van der Waals surface area contributed by atoms with Gasteiger partial charge in [-0.3, -0.25) is 0 Å². The zero-order chi connectivity index (χ0) is 15.0. The maximum absolute atomic E-state index is 14.1. The summed E-state index contributed by atoms with van der Waals surface area (Å²) in [6, 6.07) is 5.12. The summed E-state index contributed by atoms with van der Waals surface area (Å²) in [5.74, 6) is 2.32. The Morgan fingerprint density at radius 2 is 2.05 bits per heavy atom. The summed E-state index contributed by atoms with van der Waals surface area (Å²) < 4.78 is 14.1. The molecule has 2 unspecified atom stereocenters. The van der Waals surface area contributed by atoms with Gasteiger partial charge in [0, 0.05) is 11.6 Å². The van der Waals surface area contributed by atoms with Gasteiger partial charge >= 0.3 is 0 Å². The highest BCUT2D eigenvalue weighted by Crippen LogP contribution is 2.60. The van der Waals surface area contributed by atoms with Crippen molar-refractivity contribution in [3.63, 3.8) is 0 Å². The second-order valence-electron chi connectivity index (χ2n) is 7.60. The molecule has 1 nitrogen and oxygen atoms in total. The average molecular weight is 310 g/mol. The minimum atomic E-state index is -0.147. The predicted molar refractivity (Wildman–Crippen MR) is 86.1 cm³/mol. The van der Waals surface area contributed by atoms with Crippen LogP contribution >= 0.6 is 11.6 Å². The number of halogens is 2. The molecule has 2 fully saturated rings. The van der Waals surface area contributed by atoms with Gasteiger partial charge in [0.05, 0.1) is 0 Å². The van der Waals surface area contributed by atoms with Crippen LogP contribution in [0.2, 0.25) is 5.02 Å². The second kappa shape index (κ2) is 5.89. The molecule has 0 radical (unpaired) electrons. The Hall–Kier alpha value is -0.600. The fourth-order valence-corrected chi connectivity index (χ4v) is 4.21. The lowest BCUT2D eigenvalue weighted by molar-refractivity contribution is 0.242. The van der Waals surface area contributed by atoms with Crippen molar-refractivity contribution < 1.29 is 4.39 Å². The number of rotatable bonds is 6. The van der Waals surface area contributed by atoms with E-state index in [0.717, 1.165) is 36.9 Å². The highest BCUT2D eigenvalue weighted by Gasteiger charge is 2.53. The van der Waals surface area contributed by atoms with Crippen molar-refractivity contribution in [3.05, 3.63) is 34.6 Å². The molecule has 2 aliphatic rings. The van der Waals surface area contributed by atoms with Gasteiger partial charge in [-0.15, -0.1) is 0 Å². The molecule has 0 heterocycles. The number of hydrogen-bond acceptors (Lipinski definition) is 1. The molecule has 1 aromatic carbocycles. The third kappa shape index (κ3) is 3.60. The van der Waals surface area contributed by atoms with E-state index in [1.165, 1.54) is 25.3 Å². The SMILES string of the molecule is CC(C)CNCC1(Cc2ccc(Cl)cc2F)CC2CC2C1. The predicted octanol–water partition coefficient (Wildman–Crippen LogP) is 4.68. The van der Waals surface area contributed by atoms with Crippen LogP contribution in [0.5, 0.6) is 0 Å². The van der Waals surface area contributed by atoms with Crippen molar-refractivity contribution in [2.24, 2.45) is 23.2 Å². The second-order valence-corrected chi connectivity index (χ2v) is 8.04. The minimum Gasteiger partial charge on any atom is -0.316 e. The maximum Gasteiger partial charge on any atom is 0.127 e. The van der Waals surface area contributed by atoms with Crippen LogP contribution in [0.15, 0.2) is 18.2 Å². The highest BCUT2D eigenvalue weighted by molar-refractivity contribution is 6.30. The Kier molecular flexibility index (Phi) is 4.29. The van der Waals surface area contributed by atoms with Gasteiger partial charge in [0.2, 0.25) is 0 Å². The van der Waals surface area contributed by atoms with Crippen LogP contribution in [-0.4, -0.2) is 13.1 Å². The van der Waals surface area contributed by atoms with E-state index < -0.39 is 0 Å². The van der Waals surface area contributed by atoms with Crippen molar-refractivity contribution in [3.8, 4) is 0 Å². The van der Waals surface area contributed by atoms with Crippen molar-refractivity contribution in [1.82, 2.24) is 5.32 Å². The van der Waals surface area contributed by atoms with Crippen molar-refractivity contribution in [2.75, 3.05) is 13.1 Å². The van der Waals surface area contributed by atoms with E-state index in [1.807, 2.05) is 12.1 Å². The molecule has 3 rings (SSSR count). The van der Waals surface area contributed by atoms with E-state index in [4.69, 9.17) is 11.6 Å². The van der Waals surface area contributed by atoms with Gasteiger partial charge in [-0.1, -0.05) is 31.5 Å². The first-order valence-electron chi connectivity index (χ1n) is 8.12. The van der Waals surface area contributed by atoms with E-state index in [0.29, 0.717) is 10.9 Å². The molecule has 2 aliphatic carbocycles. The Balaban J connectivity index is 1.70. The van der Waals surface area contributed by atoms with Gasteiger partial charge in [-0.2, -0.15) is 0 Å². The number of nitrogens with one attached hydrogen (secondary N) is 1. The zero-order valence-electron chi connectivity index (χ0n) is 13.0. The van der Waals surface area contributed by atoms with Gasteiger partial charge in [0.25, 0.3) is 0 Å². The van der Waals surface area contributed by atoms with E-state index >= 15 is 0 Å². The highest BCUT2D eigenvalue weighted by atomic mass is 35.5. The molecule has 0 saturated heterocycles. The summed E-state index contributed by atoms with van der Waals surface area (Å²) in [5, 5.41) is 4.10. The summed E-state index contributed by atoms with van der Waals surface area (Å²) in [6.45, 7) is 6.51. The van der Waals surface area contributed by atoms with Gasteiger partial charge < -0.3 is 5.32 Å². The van der Waals surface area contributed by atoms with Crippen LogP contribution in [0.3, 0.4) is 0 Å². The molecule has 116 valence electrons. The third-order valence-electron chi connectivity index (χ3n) is 5.09. The lowest BCUT2D eigenvalue weighted by Gasteiger charge is -2.32. The smallest absolute Gasteiger partial charge is 0.127 e. The summed E-state index contributed by atoms with van der Waals surface area (Å²) in [7, 11) is 0.